The van der Waals surface area contributed by atoms with Gasteiger partial charge in [-0.15, -0.1) is 0 Å². The van der Waals surface area contributed by atoms with Gasteiger partial charge in [-0.3, -0.25) is 19.1 Å². The molecular weight excluding hydrogens is 486 g/mol. The van der Waals surface area contributed by atoms with Crippen molar-refractivity contribution < 1.29 is 9.53 Å². The number of amides is 1. The molecule has 3 aromatic heterocycles. The van der Waals surface area contributed by atoms with Crippen LogP contribution in [0.1, 0.15) is 23.2 Å². The summed E-state index contributed by atoms with van der Waals surface area (Å²) in [6, 6.07) is 23.0. The first kappa shape index (κ1) is 24.0. The second-order valence-corrected chi connectivity index (χ2v) is 10.5. The third-order valence-electron chi connectivity index (χ3n) is 8.17. The molecule has 0 radical (unpaired) electrons. The van der Waals surface area contributed by atoms with Crippen LogP contribution < -0.4 is 0 Å². The molecule has 0 bridgehead atoms. The highest BCUT2D eigenvalue weighted by Gasteiger charge is 2.28. The standard InChI is InChI=1S/C32H31N5O2/c38-32(36-13-11-28(12-14-36)35-15-17-39-18-16-35)24-7-5-23(6-8-24)26-9-10-31-34-21-30(37(31)22-26)27-19-25-3-1-2-4-29(25)33-20-27/h1-10,19-22,28H,11-18H2. The van der Waals surface area contributed by atoms with E-state index in [1.165, 1.54) is 0 Å². The Morgan fingerprint density at radius 1 is 0.795 bits per heavy atom. The number of carbonyl (C=O) groups excluding carboxylic acids is 1. The van der Waals surface area contributed by atoms with E-state index in [0.717, 1.165) is 96.7 Å². The SMILES string of the molecule is O=C(c1ccc(-c2ccc3ncc(-c4cnc5ccccc5c4)n3c2)cc1)N1CCC(N2CCOCC2)CC1. The highest BCUT2D eigenvalue weighted by Crippen LogP contribution is 2.27. The molecule has 2 fully saturated rings. The van der Waals surface area contributed by atoms with Crippen LogP contribution in [0.3, 0.4) is 0 Å². The average molecular weight is 518 g/mol. The molecule has 0 spiro atoms. The monoisotopic (exact) mass is 517 g/mol. The van der Waals surface area contributed by atoms with E-state index < -0.39 is 0 Å². The predicted molar refractivity (Wildman–Crippen MR) is 153 cm³/mol. The molecule has 7 heteroatoms. The number of piperidine rings is 1. The van der Waals surface area contributed by atoms with E-state index in [0.29, 0.717) is 6.04 Å². The van der Waals surface area contributed by atoms with Crippen LogP contribution in [0.25, 0.3) is 38.9 Å². The number of benzene rings is 2. The van der Waals surface area contributed by atoms with Gasteiger partial charge in [0.2, 0.25) is 0 Å². The second kappa shape index (κ2) is 10.2. The smallest absolute Gasteiger partial charge is 0.253 e. The van der Waals surface area contributed by atoms with Crippen LogP contribution >= 0.6 is 0 Å². The number of pyridine rings is 2. The van der Waals surface area contributed by atoms with Crippen molar-refractivity contribution in [2.75, 3.05) is 39.4 Å². The number of imidazole rings is 1. The Bertz CT molecular complexity index is 1630. The van der Waals surface area contributed by atoms with Gasteiger partial charge in [0.15, 0.2) is 0 Å². The number of para-hydroxylation sites is 1. The minimum atomic E-state index is 0.123. The lowest BCUT2D eigenvalue weighted by Crippen LogP contribution is -2.50. The highest BCUT2D eigenvalue weighted by molar-refractivity contribution is 5.94. The molecule has 7 rings (SSSR count). The zero-order valence-corrected chi connectivity index (χ0v) is 21.9. The maximum Gasteiger partial charge on any atom is 0.253 e. The first-order valence-electron chi connectivity index (χ1n) is 13.8. The number of nitrogens with zero attached hydrogens (tertiary/aromatic N) is 5. The average Bonchev–Trinajstić information content (AvgIpc) is 3.44. The first-order valence-corrected chi connectivity index (χ1v) is 13.8. The number of aromatic nitrogens is 3. The topological polar surface area (TPSA) is 63.0 Å². The molecule has 2 saturated heterocycles. The number of hydrogen-bond donors (Lipinski definition) is 0. The Labute approximate surface area is 227 Å². The Morgan fingerprint density at radius 3 is 2.38 bits per heavy atom. The van der Waals surface area contributed by atoms with Crippen LogP contribution in [0.4, 0.5) is 0 Å². The van der Waals surface area contributed by atoms with E-state index in [-0.39, 0.29) is 5.91 Å². The van der Waals surface area contributed by atoms with Gasteiger partial charge in [-0.05, 0) is 60.4 Å². The molecule has 2 aromatic carbocycles. The Kier molecular flexibility index (Phi) is 6.31. The van der Waals surface area contributed by atoms with Crippen molar-refractivity contribution >= 4 is 22.5 Å². The molecule has 0 saturated carbocycles. The molecular formula is C32H31N5O2. The molecule has 0 N–H and O–H groups in total. The Balaban J connectivity index is 1.08. The molecule has 0 atom stereocenters. The molecule has 39 heavy (non-hydrogen) atoms. The first-order chi connectivity index (χ1) is 19.2. The molecule has 1 amide bonds. The lowest BCUT2D eigenvalue weighted by molar-refractivity contribution is 0.00159. The zero-order valence-electron chi connectivity index (χ0n) is 21.9. The fourth-order valence-corrected chi connectivity index (χ4v) is 5.94. The zero-order chi connectivity index (χ0) is 26.2. The van der Waals surface area contributed by atoms with E-state index in [4.69, 9.17) is 4.74 Å². The quantitative estimate of drug-likeness (QED) is 0.330. The van der Waals surface area contributed by atoms with Gasteiger partial charge >= 0.3 is 0 Å². The number of hydrogen-bond acceptors (Lipinski definition) is 5. The van der Waals surface area contributed by atoms with Gasteiger partial charge in [0.25, 0.3) is 5.91 Å². The van der Waals surface area contributed by atoms with Gasteiger partial charge in [0.1, 0.15) is 5.65 Å². The summed E-state index contributed by atoms with van der Waals surface area (Å²) in [7, 11) is 0. The number of carbonyl (C=O) groups is 1. The normalized spacial score (nSPS) is 17.2. The number of likely N-dealkylation sites (tertiary alicyclic amines) is 1. The largest absolute Gasteiger partial charge is 0.379 e. The maximum absolute atomic E-state index is 13.2. The van der Waals surface area contributed by atoms with Gasteiger partial charge in [0, 0.05) is 61.1 Å². The Morgan fingerprint density at radius 2 is 1.56 bits per heavy atom. The van der Waals surface area contributed by atoms with Crippen molar-refractivity contribution in [3.63, 3.8) is 0 Å². The van der Waals surface area contributed by atoms with Crippen LogP contribution in [0.5, 0.6) is 0 Å². The fraction of sp³-hybridized carbons (Fsp3) is 0.281. The van der Waals surface area contributed by atoms with Crippen LogP contribution in [0, 0.1) is 0 Å². The molecule has 0 unspecified atom stereocenters. The van der Waals surface area contributed by atoms with Crippen molar-refractivity contribution in [1.29, 1.82) is 0 Å². The van der Waals surface area contributed by atoms with Crippen LogP contribution in [0.15, 0.2) is 85.3 Å². The van der Waals surface area contributed by atoms with E-state index in [9.17, 15) is 4.79 Å². The Hall–Kier alpha value is -4.07. The van der Waals surface area contributed by atoms with Crippen LogP contribution in [0.2, 0.25) is 0 Å². The van der Waals surface area contributed by atoms with Gasteiger partial charge in [-0.1, -0.05) is 30.3 Å². The third-order valence-corrected chi connectivity index (χ3v) is 8.17. The lowest BCUT2D eigenvalue weighted by Gasteiger charge is -2.40. The van der Waals surface area contributed by atoms with Crippen molar-refractivity contribution in [3.05, 3.63) is 90.9 Å². The van der Waals surface area contributed by atoms with Gasteiger partial charge in [-0.25, -0.2) is 4.98 Å². The van der Waals surface area contributed by atoms with Crippen molar-refractivity contribution in [1.82, 2.24) is 24.2 Å². The van der Waals surface area contributed by atoms with Crippen LogP contribution in [-0.4, -0.2) is 75.5 Å². The van der Waals surface area contributed by atoms with Gasteiger partial charge in [0.05, 0.1) is 30.6 Å². The minimum Gasteiger partial charge on any atom is -0.379 e. The lowest BCUT2D eigenvalue weighted by atomic mass is 10.0. The van der Waals surface area contributed by atoms with Crippen LogP contribution in [-0.2, 0) is 4.74 Å². The van der Waals surface area contributed by atoms with E-state index in [1.54, 1.807) is 0 Å². The molecule has 2 aliphatic heterocycles. The van der Waals surface area contributed by atoms with Crippen molar-refractivity contribution in [3.8, 4) is 22.4 Å². The number of ether oxygens (including phenoxy) is 1. The summed E-state index contributed by atoms with van der Waals surface area (Å²) >= 11 is 0. The predicted octanol–water partition coefficient (Wildman–Crippen LogP) is 5.15. The molecule has 5 heterocycles. The maximum atomic E-state index is 13.2. The highest BCUT2D eigenvalue weighted by atomic mass is 16.5. The summed E-state index contributed by atoms with van der Waals surface area (Å²) in [5, 5.41) is 1.10. The molecule has 7 nitrogen and oxygen atoms in total. The third kappa shape index (κ3) is 4.68. The minimum absolute atomic E-state index is 0.123. The molecule has 2 aliphatic rings. The van der Waals surface area contributed by atoms with Gasteiger partial charge < -0.3 is 9.64 Å². The number of rotatable bonds is 4. The summed E-state index contributed by atoms with van der Waals surface area (Å²) in [6.07, 6.45) is 7.98. The summed E-state index contributed by atoms with van der Waals surface area (Å²) in [5.41, 5.74) is 6.77. The summed E-state index contributed by atoms with van der Waals surface area (Å²) < 4.78 is 7.60. The second-order valence-electron chi connectivity index (χ2n) is 10.5. The summed E-state index contributed by atoms with van der Waals surface area (Å²) in [4.78, 5) is 27.0. The van der Waals surface area contributed by atoms with Gasteiger partial charge in [-0.2, -0.15) is 0 Å². The molecule has 5 aromatic rings. The molecule has 0 aliphatic carbocycles. The summed E-state index contributed by atoms with van der Waals surface area (Å²) in [6.45, 7) is 5.28. The van der Waals surface area contributed by atoms with E-state index in [1.807, 2.05) is 65.8 Å². The van der Waals surface area contributed by atoms with Crippen molar-refractivity contribution in [2.24, 2.45) is 0 Å². The number of morpholine rings is 1. The fourth-order valence-electron chi connectivity index (χ4n) is 5.94. The van der Waals surface area contributed by atoms with E-state index >= 15 is 0 Å². The van der Waals surface area contributed by atoms with Crippen molar-refractivity contribution in [2.45, 2.75) is 18.9 Å². The molecule has 196 valence electrons. The number of fused-ring (bicyclic) bond motifs is 2. The van der Waals surface area contributed by atoms with E-state index in [2.05, 4.69) is 43.7 Å². The summed E-state index contributed by atoms with van der Waals surface area (Å²) in [5.74, 6) is 0.123.